The first kappa shape index (κ1) is 12.7. The van der Waals surface area contributed by atoms with E-state index in [4.69, 9.17) is 4.74 Å². The van der Waals surface area contributed by atoms with Crippen LogP contribution in [0, 0.1) is 5.92 Å². The fraction of sp³-hybridized carbons (Fsp3) is 0.333. The Morgan fingerprint density at radius 3 is 2.95 bits per heavy atom. The number of methoxy groups -OCH3 is 1. The minimum absolute atomic E-state index is 0.00741. The highest BCUT2D eigenvalue weighted by molar-refractivity contribution is 5.92. The van der Waals surface area contributed by atoms with E-state index in [1.807, 2.05) is 30.5 Å². The lowest BCUT2D eigenvalue weighted by Crippen LogP contribution is -2.30. The van der Waals surface area contributed by atoms with E-state index in [0.717, 1.165) is 30.2 Å². The van der Waals surface area contributed by atoms with Crippen LogP contribution in [-0.4, -0.2) is 22.6 Å². The molecule has 0 bridgehead atoms. The lowest BCUT2D eigenvalue weighted by Gasteiger charge is -2.22. The lowest BCUT2D eigenvalue weighted by molar-refractivity contribution is -0.120. The van der Waals surface area contributed by atoms with Crippen LogP contribution in [0.25, 0.3) is 0 Å². The molecule has 2 aromatic rings. The van der Waals surface area contributed by atoms with Gasteiger partial charge in [-0.1, -0.05) is 0 Å². The Labute approximate surface area is 117 Å². The van der Waals surface area contributed by atoms with E-state index in [-0.39, 0.29) is 11.8 Å². The third-order valence-electron chi connectivity index (χ3n) is 3.68. The molecule has 0 radical (unpaired) electrons. The second-order valence-corrected chi connectivity index (χ2v) is 4.94. The second-order valence-electron chi connectivity index (χ2n) is 4.94. The fourth-order valence-corrected chi connectivity index (χ4v) is 2.49. The van der Waals surface area contributed by atoms with Gasteiger partial charge in [-0.2, -0.15) is 0 Å². The summed E-state index contributed by atoms with van der Waals surface area (Å²) in [7, 11) is 1.62. The number of hydrogen-bond donors (Lipinski definition) is 1. The molecule has 1 aromatic heterocycles. The van der Waals surface area contributed by atoms with Crippen LogP contribution in [0.1, 0.15) is 12.2 Å². The zero-order valence-corrected chi connectivity index (χ0v) is 11.4. The van der Waals surface area contributed by atoms with E-state index in [0.29, 0.717) is 6.42 Å². The van der Waals surface area contributed by atoms with Crippen LogP contribution in [-0.2, 0) is 17.8 Å². The molecule has 0 saturated heterocycles. The summed E-state index contributed by atoms with van der Waals surface area (Å²) in [6, 6.07) is 7.37. The Kier molecular flexibility index (Phi) is 3.41. The number of carbonyl (C=O) groups is 1. The molecule has 0 saturated carbocycles. The molecule has 0 fully saturated rings. The minimum atomic E-state index is -0.00741. The van der Waals surface area contributed by atoms with Crippen molar-refractivity contribution in [2.45, 2.75) is 19.4 Å². The molecule has 1 unspecified atom stereocenters. The van der Waals surface area contributed by atoms with Gasteiger partial charge < -0.3 is 14.6 Å². The molecular formula is C15H17N3O2. The van der Waals surface area contributed by atoms with Gasteiger partial charge in [0.05, 0.1) is 7.11 Å². The SMILES string of the molecule is COc1ccc(NC(=O)C2CCn3ccnc3C2)cc1. The molecule has 1 aliphatic heterocycles. The first-order valence-corrected chi connectivity index (χ1v) is 6.71. The summed E-state index contributed by atoms with van der Waals surface area (Å²) >= 11 is 0. The summed E-state index contributed by atoms with van der Waals surface area (Å²) in [6.45, 7) is 0.857. The number of rotatable bonds is 3. The van der Waals surface area contributed by atoms with Crippen molar-refractivity contribution < 1.29 is 9.53 Å². The molecule has 1 amide bonds. The highest BCUT2D eigenvalue weighted by Gasteiger charge is 2.25. The van der Waals surface area contributed by atoms with E-state index < -0.39 is 0 Å². The molecule has 1 aliphatic rings. The van der Waals surface area contributed by atoms with Crippen molar-refractivity contribution >= 4 is 11.6 Å². The average molecular weight is 271 g/mol. The summed E-state index contributed by atoms with van der Waals surface area (Å²) in [6.07, 6.45) is 5.31. The van der Waals surface area contributed by atoms with Crippen LogP contribution >= 0.6 is 0 Å². The van der Waals surface area contributed by atoms with Crippen molar-refractivity contribution in [2.75, 3.05) is 12.4 Å². The number of anilines is 1. The number of imidazole rings is 1. The number of aryl methyl sites for hydroxylation is 1. The van der Waals surface area contributed by atoms with Crippen LogP contribution < -0.4 is 10.1 Å². The van der Waals surface area contributed by atoms with E-state index in [2.05, 4.69) is 14.9 Å². The third-order valence-corrected chi connectivity index (χ3v) is 3.68. The number of aromatic nitrogens is 2. The monoisotopic (exact) mass is 271 g/mol. The second kappa shape index (κ2) is 5.36. The molecule has 0 aliphatic carbocycles. The van der Waals surface area contributed by atoms with Gasteiger partial charge in [0.2, 0.25) is 5.91 Å². The maximum Gasteiger partial charge on any atom is 0.228 e. The fourth-order valence-electron chi connectivity index (χ4n) is 2.49. The summed E-state index contributed by atoms with van der Waals surface area (Å²) in [4.78, 5) is 16.6. The van der Waals surface area contributed by atoms with E-state index >= 15 is 0 Å². The maximum absolute atomic E-state index is 12.3. The molecule has 2 heterocycles. The summed E-state index contributed by atoms with van der Waals surface area (Å²) in [5, 5.41) is 2.95. The van der Waals surface area contributed by atoms with E-state index in [9.17, 15) is 4.79 Å². The molecule has 104 valence electrons. The van der Waals surface area contributed by atoms with Gasteiger partial charge in [0, 0.05) is 37.0 Å². The highest BCUT2D eigenvalue weighted by Crippen LogP contribution is 2.21. The normalized spacial score (nSPS) is 17.4. The summed E-state index contributed by atoms with van der Waals surface area (Å²) < 4.78 is 7.21. The lowest BCUT2D eigenvalue weighted by atomic mass is 9.97. The number of nitrogens with zero attached hydrogens (tertiary/aromatic N) is 2. The van der Waals surface area contributed by atoms with E-state index in [1.165, 1.54) is 0 Å². The Morgan fingerprint density at radius 2 is 2.20 bits per heavy atom. The predicted molar refractivity (Wildman–Crippen MR) is 75.7 cm³/mol. The first-order valence-electron chi connectivity index (χ1n) is 6.71. The number of amides is 1. The molecular weight excluding hydrogens is 254 g/mol. The van der Waals surface area contributed by atoms with Gasteiger partial charge in [0.1, 0.15) is 11.6 Å². The van der Waals surface area contributed by atoms with Crippen molar-refractivity contribution in [1.29, 1.82) is 0 Å². The molecule has 3 rings (SSSR count). The number of benzene rings is 1. The Balaban J connectivity index is 1.65. The van der Waals surface area contributed by atoms with Crippen molar-refractivity contribution in [2.24, 2.45) is 5.92 Å². The van der Waals surface area contributed by atoms with Crippen LogP contribution in [0.4, 0.5) is 5.69 Å². The quantitative estimate of drug-likeness (QED) is 0.930. The standard InChI is InChI=1S/C15H17N3O2/c1-20-13-4-2-12(3-5-13)17-15(19)11-6-8-18-9-7-16-14(18)10-11/h2-5,7,9,11H,6,8,10H2,1H3,(H,17,19). The van der Waals surface area contributed by atoms with Crippen LogP contribution in [0.3, 0.4) is 0 Å². The van der Waals surface area contributed by atoms with Gasteiger partial charge in [-0.25, -0.2) is 4.98 Å². The van der Waals surface area contributed by atoms with Gasteiger partial charge in [-0.3, -0.25) is 4.79 Å². The van der Waals surface area contributed by atoms with Gasteiger partial charge >= 0.3 is 0 Å². The Bertz CT molecular complexity index is 604. The zero-order chi connectivity index (χ0) is 13.9. The molecule has 20 heavy (non-hydrogen) atoms. The number of nitrogens with one attached hydrogen (secondary N) is 1. The number of ether oxygens (including phenoxy) is 1. The molecule has 1 atom stereocenters. The van der Waals surface area contributed by atoms with Crippen molar-refractivity contribution in [3.8, 4) is 5.75 Å². The number of carbonyl (C=O) groups excluding carboxylic acids is 1. The molecule has 0 spiro atoms. The maximum atomic E-state index is 12.3. The van der Waals surface area contributed by atoms with Gasteiger partial charge in [0.25, 0.3) is 0 Å². The van der Waals surface area contributed by atoms with Crippen LogP contribution in [0.2, 0.25) is 0 Å². The van der Waals surface area contributed by atoms with Gasteiger partial charge in [-0.15, -0.1) is 0 Å². The molecule has 1 aromatic carbocycles. The van der Waals surface area contributed by atoms with E-state index in [1.54, 1.807) is 13.3 Å². The smallest absolute Gasteiger partial charge is 0.228 e. The topological polar surface area (TPSA) is 56.1 Å². The molecule has 5 heteroatoms. The largest absolute Gasteiger partial charge is 0.497 e. The van der Waals surface area contributed by atoms with Crippen molar-refractivity contribution in [3.05, 3.63) is 42.5 Å². The molecule has 1 N–H and O–H groups in total. The number of fused-ring (bicyclic) bond motifs is 1. The predicted octanol–water partition coefficient (Wildman–Crippen LogP) is 2.09. The highest BCUT2D eigenvalue weighted by atomic mass is 16.5. The Morgan fingerprint density at radius 1 is 1.40 bits per heavy atom. The number of hydrogen-bond acceptors (Lipinski definition) is 3. The summed E-state index contributed by atoms with van der Waals surface area (Å²) in [5.41, 5.74) is 0.796. The Hall–Kier alpha value is -2.30. The molecule has 5 nitrogen and oxygen atoms in total. The van der Waals surface area contributed by atoms with Gasteiger partial charge in [0.15, 0.2) is 0 Å². The zero-order valence-electron chi connectivity index (χ0n) is 11.4. The third kappa shape index (κ3) is 2.52. The average Bonchev–Trinajstić information content (AvgIpc) is 2.95. The summed E-state index contributed by atoms with van der Waals surface area (Å²) in [5.74, 6) is 1.82. The van der Waals surface area contributed by atoms with Crippen molar-refractivity contribution in [3.63, 3.8) is 0 Å². The van der Waals surface area contributed by atoms with Gasteiger partial charge in [-0.05, 0) is 30.7 Å². The minimum Gasteiger partial charge on any atom is -0.497 e. The van der Waals surface area contributed by atoms with Crippen LogP contribution in [0.15, 0.2) is 36.7 Å². The van der Waals surface area contributed by atoms with Crippen molar-refractivity contribution in [1.82, 2.24) is 9.55 Å². The first-order chi connectivity index (χ1) is 9.76. The van der Waals surface area contributed by atoms with Crippen LogP contribution in [0.5, 0.6) is 5.75 Å².